The number of amides is 1. The van der Waals surface area contributed by atoms with Gasteiger partial charge in [0, 0.05) is 13.6 Å². The topological polar surface area (TPSA) is 20.3 Å². The number of hydrogen-bond acceptors (Lipinski definition) is 1. The average Bonchev–Trinajstić information content (AvgIpc) is 2.55. The minimum absolute atomic E-state index is 0.0459. The molecule has 0 saturated heterocycles. The van der Waals surface area contributed by atoms with E-state index < -0.39 is 0 Å². The third kappa shape index (κ3) is 3.03. The molecule has 2 nitrogen and oxygen atoms in total. The number of fused-ring (bicyclic) bond motifs is 1. The Morgan fingerprint density at radius 3 is 2.68 bits per heavy atom. The highest BCUT2D eigenvalue weighted by atomic mass is 19.1. The number of nitrogens with zero attached hydrogens (tertiary/aromatic N) is 1. The van der Waals surface area contributed by atoms with Crippen LogP contribution < -0.4 is 0 Å². The van der Waals surface area contributed by atoms with Crippen LogP contribution in [-0.2, 0) is 17.8 Å². The van der Waals surface area contributed by atoms with Crippen LogP contribution in [0.5, 0.6) is 0 Å². The zero-order valence-electron chi connectivity index (χ0n) is 12.8. The molecule has 1 amide bonds. The fourth-order valence-corrected chi connectivity index (χ4v) is 3.22. The number of halogens is 1. The molecule has 1 aliphatic rings. The Hall–Kier alpha value is -2.16. The van der Waals surface area contributed by atoms with Crippen LogP contribution in [0.2, 0.25) is 0 Å². The molecule has 0 bridgehead atoms. The third-order valence-corrected chi connectivity index (χ3v) is 4.38. The highest BCUT2D eigenvalue weighted by Gasteiger charge is 2.28. The van der Waals surface area contributed by atoms with Crippen LogP contribution in [0.4, 0.5) is 4.39 Å². The minimum Gasteiger partial charge on any atom is -0.341 e. The summed E-state index contributed by atoms with van der Waals surface area (Å²) in [5.41, 5.74) is 3.41. The summed E-state index contributed by atoms with van der Waals surface area (Å²) in [6.07, 6.45) is 3.02. The summed E-state index contributed by atoms with van der Waals surface area (Å²) in [5.74, 6) is -0.147. The van der Waals surface area contributed by atoms with E-state index in [2.05, 4.69) is 12.1 Å². The lowest BCUT2D eigenvalue weighted by Crippen LogP contribution is -2.33. The van der Waals surface area contributed by atoms with Gasteiger partial charge < -0.3 is 4.90 Å². The van der Waals surface area contributed by atoms with E-state index in [9.17, 15) is 9.18 Å². The Kier molecular flexibility index (Phi) is 4.23. The van der Waals surface area contributed by atoms with Crippen molar-refractivity contribution in [2.75, 3.05) is 7.05 Å². The van der Waals surface area contributed by atoms with Crippen LogP contribution in [0.1, 0.15) is 35.4 Å². The molecule has 1 atom stereocenters. The summed E-state index contributed by atoms with van der Waals surface area (Å²) in [5, 5.41) is 0. The summed E-state index contributed by atoms with van der Waals surface area (Å²) < 4.78 is 13.0. The van der Waals surface area contributed by atoms with Gasteiger partial charge in [0.2, 0.25) is 5.91 Å². The molecule has 2 aromatic rings. The maximum atomic E-state index is 13.0. The summed E-state index contributed by atoms with van der Waals surface area (Å²) in [6, 6.07) is 14.6. The fraction of sp³-hybridized carbons (Fsp3) is 0.316. The SMILES string of the molecule is CN(Cc1ccc(F)cc1)C(=O)C1CCCc2ccccc21. The molecular formula is C19H20FNO. The maximum absolute atomic E-state index is 13.0. The molecule has 0 saturated carbocycles. The summed E-state index contributed by atoms with van der Waals surface area (Å²) in [4.78, 5) is 14.5. The molecule has 0 N–H and O–H groups in total. The van der Waals surface area contributed by atoms with Gasteiger partial charge in [-0.3, -0.25) is 4.79 Å². The van der Waals surface area contributed by atoms with E-state index >= 15 is 0 Å². The molecule has 1 unspecified atom stereocenters. The van der Waals surface area contributed by atoms with Crippen molar-refractivity contribution < 1.29 is 9.18 Å². The second-order valence-electron chi connectivity index (χ2n) is 5.96. The van der Waals surface area contributed by atoms with Gasteiger partial charge in [-0.05, 0) is 48.1 Å². The molecule has 1 aliphatic carbocycles. The van der Waals surface area contributed by atoms with Gasteiger partial charge in [0.1, 0.15) is 5.82 Å². The number of rotatable bonds is 3. The quantitative estimate of drug-likeness (QED) is 0.841. The van der Waals surface area contributed by atoms with E-state index in [0.29, 0.717) is 6.54 Å². The predicted octanol–water partition coefficient (Wildman–Crippen LogP) is 3.90. The monoisotopic (exact) mass is 297 g/mol. The molecule has 22 heavy (non-hydrogen) atoms. The van der Waals surface area contributed by atoms with Crippen molar-refractivity contribution >= 4 is 5.91 Å². The maximum Gasteiger partial charge on any atom is 0.230 e. The smallest absolute Gasteiger partial charge is 0.230 e. The Balaban J connectivity index is 1.75. The van der Waals surface area contributed by atoms with E-state index in [1.54, 1.807) is 17.0 Å². The molecule has 0 heterocycles. The molecule has 3 rings (SSSR count). The van der Waals surface area contributed by atoms with Crippen molar-refractivity contribution in [3.05, 3.63) is 71.0 Å². The molecule has 2 aromatic carbocycles. The second kappa shape index (κ2) is 6.30. The third-order valence-electron chi connectivity index (χ3n) is 4.38. The molecule has 114 valence electrons. The Morgan fingerprint density at radius 1 is 1.18 bits per heavy atom. The van der Waals surface area contributed by atoms with E-state index in [1.165, 1.54) is 23.3 Å². The van der Waals surface area contributed by atoms with E-state index in [0.717, 1.165) is 24.8 Å². The van der Waals surface area contributed by atoms with E-state index in [1.807, 2.05) is 19.2 Å². The van der Waals surface area contributed by atoms with Gasteiger partial charge in [-0.25, -0.2) is 4.39 Å². The number of hydrogen-bond donors (Lipinski definition) is 0. The summed E-state index contributed by atoms with van der Waals surface area (Å²) >= 11 is 0. The first-order valence-electron chi connectivity index (χ1n) is 7.72. The van der Waals surface area contributed by atoms with Gasteiger partial charge in [0.15, 0.2) is 0 Å². The number of carbonyl (C=O) groups excluding carboxylic acids is 1. The van der Waals surface area contributed by atoms with Crippen LogP contribution in [0.15, 0.2) is 48.5 Å². The molecule has 0 spiro atoms. The lowest BCUT2D eigenvalue weighted by molar-refractivity contribution is -0.132. The van der Waals surface area contributed by atoms with Crippen molar-refractivity contribution in [3.63, 3.8) is 0 Å². The first kappa shape index (κ1) is 14.8. The summed E-state index contributed by atoms with van der Waals surface area (Å²) in [6.45, 7) is 0.512. The molecule has 3 heteroatoms. The number of aryl methyl sites for hydroxylation is 1. The first-order valence-corrected chi connectivity index (χ1v) is 7.72. The van der Waals surface area contributed by atoms with Crippen molar-refractivity contribution in [1.29, 1.82) is 0 Å². The molecule has 0 aliphatic heterocycles. The van der Waals surface area contributed by atoms with Crippen LogP contribution >= 0.6 is 0 Å². The van der Waals surface area contributed by atoms with Crippen molar-refractivity contribution in [1.82, 2.24) is 4.90 Å². The standard InChI is InChI=1S/C19H20FNO/c1-21(13-14-9-11-16(20)12-10-14)19(22)18-8-4-6-15-5-2-3-7-17(15)18/h2-3,5,7,9-12,18H,4,6,8,13H2,1H3. The minimum atomic E-state index is -0.251. The van der Waals surface area contributed by atoms with E-state index in [4.69, 9.17) is 0 Å². The lowest BCUT2D eigenvalue weighted by Gasteiger charge is -2.28. The highest BCUT2D eigenvalue weighted by Crippen LogP contribution is 2.32. The Morgan fingerprint density at radius 2 is 1.91 bits per heavy atom. The van der Waals surface area contributed by atoms with Crippen LogP contribution in [-0.4, -0.2) is 17.9 Å². The molecule has 0 aromatic heterocycles. The van der Waals surface area contributed by atoms with Gasteiger partial charge in [-0.2, -0.15) is 0 Å². The number of carbonyl (C=O) groups is 1. The summed E-state index contributed by atoms with van der Waals surface area (Å²) in [7, 11) is 1.82. The van der Waals surface area contributed by atoms with Gasteiger partial charge in [-0.1, -0.05) is 36.4 Å². The molecule has 0 radical (unpaired) electrons. The lowest BCUT2D eigenvalue weighted by atomic mass is 9.82. The second-order valence-corrected chi connectivity index (χ2v) is 5.96. The predicted molar refractivity (Wildman–Crippen MR) is 85.0 cm³/mol. The normalized spacial score (nSPS) is 16.9. The molecule has 0 fully saturated rings. The molecular weight excluding hydrogens is 277 g/mol. The Labute approximate surface area is 130 Å². The van der Waals surface area contributed by atoms with Gasteiger partial charge in [0.25, 0.3) is 0 Å². The largest absolute Gasteiger partial charge is 0.341 e. The highest BCUT2D eigenvalue weighted by molar-refractivity contribution is 5.84. The van der Waals surface area contributed by atoms with Crippen LogP contribution in [0.3, 0.4) is 0 Å². The van der Waals surface area contributed by atoms with Crippen LogP contribution in [0, 0.1) is 5.82 Å². The average molecular weight is 297 g/mol. The van der Waals surface area contributed by atoms with Gasteiger partial charge in [-0.15, -0.1) is 0 Å². The van der Waals surface area contributed by atoms with Crippen molar-refractivity contribution in [2.24, 2.45) is 0 Å². The van der Waals surface area contributed by atoms with Crippen molar-refractivity contribution in [2.45, 2.75) is 31.7 Å². The Bertz CT molecular complexity index is 665. The number of benzene rings is 2. The zero-order chi connectivity index (χ0) is 15.5. The fourth-order valence-electron chi connectivity index (χ4n) is 3.22. The van der Waals surface area contributed by atoms with Crippen LogP contribution in [0.25, 0.3) is 0 Å². The number of likely N-dealkylation sites (N-methyl/N-ethyl adjacent to an activating group) is 1. The zero-order valence-corrected chi connectivity index (χ0v) is 12.8. The van der Waals surface area contributed by atoms with Crippen molar-refractivity contribution in [3.8, 4) is 0 Å². The first-order chi connectivity index (χ1) is 10.6. The van der Waals surface area contributed by atoms with Gasteiger partial charge >= 0.3 is 0 Å². The van der Waals surface area contributed by atoms with E-state index in [-0.39, 0.29) is 17.6 Å². The van der Waals surface area contributed by atoms with Gasteiger partial charge in [0.05, 0.1) is 5.92 Å².